The second kappa shape index (κ2) is 8.09. The first kappa shape index (κ1) is 18.7. The lowest BCUT2D eigenvalue weighted by atomic mass is 10.1. The van der Waals surface area contributed by atoms with Gasteiger partial charge in [0.1, 0.15) is 17.4 Å². The highest BCUT2D eigenvalue weighted by molar-refractivity contribution is 6.35. The SMILES string of the molecule is Cc1cc(Oc2ncccc2C#N)ccc1NC(=O)c1cc(Cl)cc(Cl)c1. The fourth-order valence-corrected chi connectivity index (χ4v) is 2.91. The van der Waals surface area contributed by atoms with Crippen molar-refractivity contribution in [1.82, 2.24) is 4.98 Å². The average Bonchev–Trinajstić information content (AvgIpc) is 2.63. The van der Waals surface area contributed by atoms with E-state index in [2.05, 4.69) is 10.3 Å². The van der Waals surface area contributed by atoms with Gasteiger partial charge in [0.25, 0.3) is 5.91 Å². The van der Waals surface area contributed by atoms with Gasteiger partial charge < -0.3 is 10.1 Å². The first-order chi connectivity index (χ1) is 13.0. The number of halogens is 2. The number of amides is 1. The largest absolute Gasteiger partial charge is 0.438 e. The molecule has 0 aliphatic heterocycles. The van der Waals surface area contributed by atoms with E-state index in [0.29, 0.717) is 32.6 Å². The Morgan fingerprint density at radius 3 is 2.56 bits per heavy atom. The summed E-state index contributed by atoms with van der Waals surface area (Å²) in [6.07, 6.45) is 1.55. The zero-order chi connectivity index (χ0) is 19.4. The molecule has 5 nitrogen and oxygen atoms in total. The lowest BCUT2D eigenvalue weighted by Crippen LogP contribution is -2.12. The molecule has 0 radical (unpaired) electrons. The highest BCUT2D eigenvalue weighted by atomic mass is 35.5. The van der Waals surface area contributed by atoms with E-state index in [0.717, 1.165) is 5.56 Å². The van der Waals surface area contributed by atoms with Crippen LogP contribution >= 0.6 is 23.2 Å². The molecule has 0 bridgehead atoms. The Morgan fingerprint density at radius 1 is 1.15 bits per heavy atom. The molecule has 3 aromatic rings. The fourth-order valence-electron chi connectivity index (χ4n) is 2.39. The van der Waals surface area contributed by atoms with Crippen LogP contribution in [0.4, 0.5) is 5.69 Å². The van der Waals surface area contributed by atoms with Gasteiger partial charge in [-0.05, 0) is 61.0 Å². The quantitative estimate of drug-likeness (QED) is 0.620. The number of nitrogens with zero attached hydrogens (tertiary/aromatic N) is 2. The topological polar surface area (TPSA) is 75.0 Å². The Bertz CT molecular complexity index is 1040. The molecule has 1 N–H and O–H groups in total. The molecule has 0 aliphatic rings. The molecule has 0 saturated heterocycles. The van der Waals surface area contributed by atoms with Crippen LogP contribution in [0, 0.1) is 18.3 Å². The van der Waals surface area contributed by atoms with E-state index in [9.17, 15) is 4.79 Å². The van der Waals surface area contributed by atoms with Crippen LogP contribution in [0.1, 0.15) is 21.5 Å². The van der Waals surface area contributed by atoms with E-state index in [-0.39, 0.29) is 11.8 Å². The third kappa shape index (κ3) is 4.56. The monoisotopic (exact) mass is 397 g/mol. The normalized spacial score (nSPS) is 10.1. The Hall–Kier alpha value is -3.07. The van der Waals surface area contributed by atoms with Crippen molar-refractivity contribution in [2.75, 3.05) is 5.32 Å². The molecule has 7 heteroatoms. The van der Waals surface area contributed by atoms with Crippen molar-refractivity contribution in [3.8, 4) is 17.7 Å². The Labute approximate surface area is 166 Å². The minimum atomic E-state index is -0.326. The molecular formula is C20H13Cl2N3O2. The molecule has 3 rings (SSSR count). The zero-order valence-electron chi connectivity index (χ0n) is 14.2. The van der Waals surface area contributed by atoms with E-state index < -0.39 is 0 Å². The van der Waals surface area contributed by atoms with Gasteiger partial charge in [-0.1, -0.05) is 23.2 Å². The van der Waals surface area contributed by atoms with Crippen molar-refractivity contribution < 1.29 is 9.53 Å². The number of carbonyl (C=O) groups is 1. The summed E-state index contributed by atoms with van der Waals surface area (Å²) in [6, 6.07) is 15.1. The molecule has 0 aliphatic carbocycles. The predicted molar refractivity (Wildman–Crippen MR) is 105 cm³/mol. The third-order valence-electron chi connectivity index (χ3n) is 3.68. The second-order valence-corrected chi connectivity index (χ2v) is 6.53. The maximum absolute atomic E-state index is 12.4. The summed E-state index contributed by atoms with van der Waals surface area (Å²) in [5, 5.41) is 12.7. The molecular weight excluding hydrogens is 385 g/mol. The van der Waals surface area contributed by atoms with Crippen molar-refractivity contribution in [2.24, 2.45) is 0 Å². The molecule has 0 spiro atoms. The predicted octanol–water partition coefficient (Wildman–Crippen LogP) is 5.61. The molecule has 1 heterocycles. The minimum Gasteiger partial charge on any atom is -0.438 e. The first-order valence-corrected chi connectivity index (χ1v) is 8.63. The molecule has 0 unspecified atom stereocenters. The van der Waals surface area contributed by atoms with Crippen LogP contribution in [0.25, 0.3) is 0 Å². The number of benzene rings is 2. The number of anilines is 1. The number of hydrogen-bond donors (Lipinski definition) is 1. The van der Waals surface area contributed by atoms with Crippen LogP contribution in [-0.2, 0) is 0 Å². The van der Waals surface area contributed by atoms with Gasteiger partial charge in [0, 0.05) is 27.5 Å². The van der Waals surface area contributed by atoms with Gasteiger partial charge in [-0.15, -0.1) is 0 Å². The van der Waals surface area contributed by atoms with Gasteiger partial charge >= 0.3 is 0 Å². The number of nitrogens with one attached hydrogen (secondary N) is 1. The summed E-state index contributed by atoms with van der Waals surface area (Å²) in [5.41, 5.74) is 2.10. The molecule has 0 fully saturated rings. The van der Waals surface area contributed by atoms with Gasteiger partial charge in [-0.25, -0.2) is 4.98 Å². The van der Waals surface area contributed by atoms with E-state index in [1.54, 1.807) is 54.7 Å². The standard InChI is InChI=1S/C20H13Cl2N3O2/c1-12-7-17(27-20-13(11-23)3-2-6-24-20)4-5-18(12)25-19(26)14-8-15(21)10-16(22)9-14/h2-10H,1H3,(H,25,26). The van der Waals surface area contributed by atoms with Gasteiger partial charge in [-0.2, -0.15) is 5.26 Å². The van der Waals surface area contributed by atoms with Gasteiger partial charge in [0.2, 0.25) is 5.88 Å². The Morgan fingerprint density at radius 2 is 1.89 bits per heavy atom. The molecule has 0 atom stereocenters. The lowest BCUT2D eigenvalue weighted by Gasteiger charge is -2.11. The fraction of sp³-hybridized carbons (Fsp3) is 0.0500. The van der Waals surface area contributed by atoms with Crippen LogP contribution in [0.15, 0.2) is 54.7 Å². The van der Waals surface area contributed by atoms with Crippen molar-refractivity contribution in [3.63, 3.8) is 0 Å². The minimum absolute atomic E-state index is 0.227. The van der Waals surface area contributed by atoms with Crippen molar-refractivity contribution >= 4 is 34.8 Å². The number of hydrogen-bond acceptors (Lipinski definition) is 4. The Balaban J connectivity index is 1.79. The maximum Gasteiger partial charge on any atom is 0.255 e. The van der Waals surface area contributed by atoms with Crippen molar-refractivity contribution in [1.29, 1.82) is 5.26 Å². The Kier molecular flexibility index (Phi) is 5.60. The number of aromatic nitrogens is 1. The molecule has 27 heavy (non-hydrogen) atoms. The smallest absolute Gasteiger partial charge is 0.255 e. The second-order valence-electron chi connectivity index (χ2n) is 5.66. The molecule has 1 amide bonds. The summed E-state index contributed by atoms with van der Waals surface area (Å²) in [6.45, 7) is 1.83. The maximum atomic E-state index is 12.4. The van der Waals surface area contributed by atoms with E-state index >= 15 is 0 Å². The highest BCUT2D eigenvalue weighted by Crippen LogP contribution is 2.27. The van der Waals surface area contributed by atoms with E-state index in [1.165, 1.54) is 0 Å². The lowest BCUT2D eigenvalue weighted by molar-refractivity contribution is 0.102. The third-order valence-corrected chi connectivity index (χ3v) is 4.11. The number of nitriles is 1. The molecule has 1 aromatic heterocycles. The summed E-state index contributed by atoms with van der Waals surface area (Å²) in [5.74, 6) is 0.406. The molecule has 2 aromatic carbocycles. The summed E-state index contributed by atoms with van der Waals surface area (Å²) in [7, 11) is 0. The van der Waals surface area contributed by atoms with Crippen LogP contribution in [-0.4, -0.2) is 10.9 Å². The summed E-state index contributed by atoms with van der Waals surface area (Å²) in [4.78, 5) is 16.5. The molecule has 0 saturated carbocycles. The van der Waals surface area contributed by atoms with Crippen molar-refractivity contribution in [2.45, 2.75) is 6.92 Å². The summed E-state index contributed by atoms with van der Waals surface area (Å²) < 4.78 is 5.68. The van der Waals surface area contributed by atoms with Crippen LogP contribution in [0.3, 0.4) is 0 Å². The number of carbonyl (C=O) groups excluding carboxylic acids is 1. The summed E-state index contributed by atoms with van der Waals surface area (Å²) >= 11 is 11.9. The van der Waals surface area contributed by atoms with Crippen LogP contribution in [0.2, 0.25) is 10.0 Å². The first-order valence-electron chi connectivity index (χ1n) is 7.87. The van der Waals surface area contributed by atoms with Gasteiger partial charge in [-0.3, -0.25) is 4.79 Å². The number of aryl methyl sites for hydroxylation is 1. The highest BCUT2D eigenvalue weighted by Gasteiger charge is 2.11. The van der Waals surface area contributed by atoms with E-state index in [4.69, 9.17) is 33.2 Å². The number of ether oxygens (including phenoxy) is 1. The number of rotatable bonds is 4. The zero-order valence-corrected chi connectivity index (χ0v) is 15.7. The van der Waals surface area contributed by atoms with E-state index in [1.807, 2.05) is 13.0 Å². The molecule has 134 valence electrons. The van der Waals surface area contributed by atoms with Gasteiger partial charge in [0.15, 0.2) is 0 Å². The number of pyridine rings is 1. The average molecular weight is 398 g/mol. The van der Waals surface area contributed by atoms with Crippen LogP contribution in [0.5, 0.6) is 11.6 Å². The van der Waals surface area contributed by atoms with Crippen molar-refractivity contribution in [3.05, 3.63) is 81.5 Å². The van der Waals surface area contributed by atoms with Gasteiger partial charge in [0.05, 0.1) is 0 Å². The van der Waals surface area contributed by atoms with Crippen LogP contribution < -0.4 is 10.1 Å².